The molecule has 2 aromatic rings. The smallest absolute Gasteiger partial charge is 0.227 e. The SMILES string of the molecule is CCc1cnc(Nc2ccc(OC)nc2)nc1CC. The molecule has 0 bridgehead atoms. The van der Waals surface area contributed by atoms with E-state index in [1.807, 2.05) is 12.3 Å². The highest BCUT2D eigenvalue weighted by Crippen LogP contribution is 2.16. The van der Waals surface area contributed by atoms with Crippen LogP contribution in [0.3, 0.4) is 0 Å². The first kappa shape index (κ1) is 13.3. The number of rotatable bonds is 5. The zero-order valence-corrected chi connectivity index (χ0v) is 11.5. The summed E-state index contributed by atoms with van der Waals surface area (Å²) >= 11 is 0. The first-order valence-corrected chi connectivity index (χ1v) is 6.38. The number of nitrogens with one attached hydrogen (secondary N) is 1. The topological polar surface area (TPSA) is 59.9 Å². The van der Waals surface area contributed by atoms with E-state index in [4.69, 9.17) is 4.74 Å². The summed E-state index contributed by atoms with van der Waals surface area (Å²) in [6.07, 6.45) is 5.43. The van der Waals surface area contributed by atoms with Gasteiger partial charge in [-0.05, 0) is 24.5 Å². The van der Waals surface area contributed by atoms with Crippen molar-refractivity contribution in [2.75, 3.05) is 12.4 Å². The van der Waals surface area contributed by atoms with E-state index in [9.17, 15) is 0 Å². The Morgan fingerprint density at radius 3 is 2.53 bits per heavy atom. The monoisotopic (exact) mass is 258 g/mol. The minimum atomic E-state index is 0.585. The molecule has 0 aliphatic carbocycles. The molecule has 5 nitrogen and oxygen atoms in total. The van der Waals surface area contributed by atoms with Crippen molar-refractivity contribution in [3.05, 3.63) is 35.8 Å². The van der Waals surface area contributed by atoms with Crippen LogP contribution < -0.4 is 10.1 Å². The predicted molar refractivity (Wildman–Crippen MR) is 74.9 cm³/mol. The van der Waals surface area contributed by atoms with Crippen LogP contribution in [0, 0.1) is 0 Å². The molecule has 0 radical (unpaired) electrons. The summed E-state index contributed by atoms with van der Waals surface area (Å²) < 4.78 is 5.02. The number of aryl methyl sites for hydroxylation is 2. The highest BCUT2D eigenvalue weighted by Gasteiger charge is 2.04. The van der Waals surface area contributed by atoms with Crippen LogP contribution >= 0.6 is 0 Å². The molecule has 0 atom stereocenters. The van der Waals surface area contributed by atoms with Crippen molar-refractivity contribution >= 4 is 11.6 Å². The molecule has 1 N–H and O–H groups in total. The highest BCUT2D eigenvalue weighted by molar-refractivity contribution is 5.52. The maximum atomic E-state index is 5.02. The Bertz CT molecular complexity index is 540. The van der Waals surface area contributed by atoms with E-state index in [0.717, 1.165) is 24.2 Å². The summed E-state index contributed by atoms with van der Waals surface area (Å²) in [5.41, 5.74) is 3.12. The molecule has 0 fully saturated rings. The van der Waals surface area contributed by atoms with Crippen LogP contribution in [0.4, 0.5) is 11.6 Å². The number of hydrogen-bond acceptors (Lipinski definition) is 5. The van der Waals surface area contributed by atoms with Crippen LogP contribution in [0.25, 0.3) is 0 Å². The molecule has 100 valence electrons. The van der Waals surface area contributed by atoms with Gasteiger partial charge in [0, 0.05) is 18.0 Å². The molecular formula is C14H18N4O. The number of aromatic nitrogens is 3. The quantitative estimate of drug-likeness (QED) is 0.893. The average molecular weight is 258 g/mol. The van der Waals surface area contributed by atoms with Crippen molar-refractivity contribution in [1.29, 1.82) is 0 Å². The second-order valence-corrected chi connectivity index (χ2v) is 4.09. The Hall–Kier alpha value is -2.17. The van der Waals surface area contributed by atoms with Crippen LogP contribution in [-0.2, 0) is 12.8 Å². The van der Waals surface area contributed by atoms with Crippen LogP contribution in [0.1, 0.15) is 25.1 Å². The fourth-order valence-corrected chi connectivity index (χ4v) is 1.81. The molecule has 0 amide bonds. The zero-order valence-electron chi connectivity index (χ0n) is 11.5. The maximum absolute atomic E-state index is 5.02. The molecule has 2 aromatic heterocycles. The maximum Gasteiger partial charge on any atom is 0.227 e. The second kappa shape index (κ2) is 6.13. The van der Waals surface area contributed by atoms with Gasteiger partial charge in [0.2, 0.25) is 11.8 Å². The molecule has 0 saturated heterocycles. The van der Waals surface area contributed by atoms with Gasteiger partial charge in [-0.2, -0.15) is 0 Å². The first-order valence-electron chi connectivity index (χ1n) is 6.38. The minimum absolute atomic E-state index is 0.585. The molecule has 0 aliphatic rings. The summed E-state index contributed by atoms with van der Waals surface area (Å²) in [5.74, 6) is 1.18. The third-order valence-corrected chi connectivity index (χ3v) is 2.87. The van der Waals surface area contributed by atoms with E-state index in [0.29, 0.717) is 11.8 Å². The Morgan fingerprint density at radius 1 is 1.11 bits per heavy atom. The Kier molecular flexibility index (Phi) is 4.28. The van der Waals surface area contributed by atoms with E-state index in [1.54, 1.807) is 19.4 Å². The minimum Gasteiger partial charge on any atom is -0.481 e. The lowest BCUT2D eigenvalue weighted by molar-refractivity contribution is 0.398. The third kappa shape index (κ3) is 3.19. The van der Waals surface area contributed by atoms with Gasteiger partial charge in [-0.15, -0.1) is 0 Å². The third-order valence-electron chi connectivity index (χ3n) is 2.87. The van der Waals surface area contributed by atoms with Gasteiger partial charge in [-0.25, -0.2) is 15.0 Å². The van der Waals surface area contributed by atoms with Gasteiger partial charge >= 0.3 is 0 Å². The van der Waals surface area contributed by atoms with Crippen LogP contribution in [0.2, 0.25) is 0 Å². The molecular weight excluding hydrogens is 240 g/mol. The van der Waals surface area contributed by atoms with Crippen LogP contribution in [0.5, 0.6) is 5.88 Å². The Morgan fingerprint density at radius 2 is 1.95 bits per heavy atom. The first-order chi connectivity index (χ1) is 9.26. The van der Waals surface area contributed by atoms with Crippen molar-refractivity contribution in [3.8, 4) is 5.88 Å². The largest absolute Gasteiger partial charge is 0.481 e. The van der Waals surface area contributed by atoms with Gasteiger partial charge in [0.15, 0.2) is 0 Å². The van der Waals surface area contributed by atoms with Crippen molar-refractivity contribution < 1.29 is 4.74 Å². The summed E-state index contributed by atoms with van der Waals surface area (Å²) in [6.45, 7) is 4.21. The van der Waals surface area contributed by atoms with Gasteiger partial charge in [-0.3, -0.25) is 0 Å². The molecule has 2 rings (SSSR count). The summed E-state index contributed by atoms with van der Waals surface area (Å²) in [6, 6.07) is 3.68. The molecule has 0 aromatic carbocycles. The van der Waals surface area contributed by atoms with Gasteiger partial charge < -0.3 is 10.1 Å². The summed E-state index contributed by atoms with van der Waals surface area (Å²) in [4.78, 5) is 13.0. The number of nitrogens with zero attached hydrogens (tertiary/aromatic N) is 3. The van der Waals surface area contributed by atoms with Gasteiger partial charge in [0.05, 0.1) is 19.0 Å². The van der Waals surface area contributed by atoms with Gasteiger partial charge in [0.1, 0.15) is 0 Å². The summed E-state index contributed by atoms with van der Waals surface area (Å²) in [7, 11) is 1.59. The number of ether oxygens (including phenoxy) is 1. The Labute approximate surface area is 113 Å². The lowest BCUT2D eigenvalue weighted by Crippen LogP contribution is -2.03. The van der Waals surface area contributed by atoms with E-state index in [2.05, 4.69) is 34.1 Å². The molecule has 2 heterocycles. The van der Waals surface area contributed by atoms with Crippen molar-refractivity contribution in [2.45, 2.75) is 26.7 Å². The number of methoxy groups -OCH3 is 1. The molecule has 19 heavy (non-hydrogen) atoms. The van der Waals surface area contributed by atoms with Crippen LogP contribution in [0.15, 0.2) is 24.5 Å². The number of anilines is 2. The highest BCUT2D eigenvalue weighted by atomic mass is 16.5. The fourth-order valence-electron chi connectivity index (χ4n) is 1.81. The molecule has 0 unspecified atom stereocenters. The van der Waals surface area contributed by atoms with Gasteiger partial charge in [0.25, 0.3) is 0 Å². The normalized spacial score (nSPS) is 10.3. The van der Waals surface area contributed by atoms with Gasteiger partial charge in [-0.1, -0.05) is 13.8 Å². The van der Waals surface area contributed by atoms with E-state index in [-0.39, 0.29) is 0 Å². The molecule has 0 spiro atoms. The standard InChI is InChI=1S/C14H18N4O/c1-4-10-8-16-14(18-12(10)5-2)17-11-6-7-13(19-3)15-9-11/h6-9H,4-5H2,1-3H3,(H,16,17,18). The lowest BCUT2D eigenvalue weighted by atomic mass is 10.1. The second-order valence-electron chi connectivity index (χ2n) is 4.09. The van der Waals surface area contributed by atoms with Crippen LogP contribution in [-0.4, -0.2) is 22.1 Å². The Balaban J connectivity index is 2.18. The average Bonchev–Trinajstić information content (AvgIpc) is 2.48. The molecule has 0 aliphatic heterocycles. The zero-order chi connectivity index (χ0) is 13.7. The van der Waals surface area contributed by atoms with E-state index >= 15 is 0 Å². The van der Waals surface area contributed by atoms with E-state index < -0.39 is 0 Å². The van der Waals surface area contributed by atoms with Crippen molar-refractivity contribution in [1.82, 2.24) is 15.0 Å². The number of hydrogen-bond donors (Lipinski definition) is 1. The molecule has 5 heteroatoms. The molecule has 0 saturated carbocycles. The summed E-state index contributed by atoms with van der Waals surface area (Å²) in [5, 5.41) is 3.14. The van der Waals surface area contributed by atoms with E-state index in [1.165, 1.54) is 5.56 Å². The number of pyridine rings is 1. The predicted octanol–water partition coefficient (Wildman–Crippen LogP) is 2.75. The fraction of sp³-hybridized carbons (Fsp3) is 0.357. The van der Waals surface area contributed by atoms with Crippen molar-refractivity contribution in [2.24, 2.45) is 0 Å². The lowest BCUT2D eigenvalue weighted by Gasteiger charge is -2.09. The van der Waals surface area contributed by atoms with Crippen molar-refractivity contribution in [3.63, 3.8) is 0 Å².